The van der Waals surface area contributed by atoms with Crippen LogP contribution in [-0.4, -0.2) is 35.4 Å². The molecule has 0 aromatic carbocycles. The minimum Gasteiger partial charge on any atom is -0.465 e. The van der Waals surface area contributed by atoms with Gasteiger partial charge in [-0.1, -0.05) is 11.6 Å². The van der Waals surface area contributed by atoms with Crippen LogP contribution in [0.2, 0.25) is 5.02 Å². The molecule has 0 radical (unpaired) electrons. The van der Waals surface area contributed by atoms with E-state index < -0.39 is 0 Å². The molecule has 2 rings (SSSR count). The average molecular weight is 315 g/mol. The van der Waals surface area contributed by atoms with E-state index in [2.05, 4.69) is 10.3 Å². The van der Waals surface area contributed by atoms with E-state index in [1.807, 2.05) is 19.1 Å². The Hall–Kier alpha value is -0.780. The SMILES string of the molecule is CCOC(=O)C(CCSc1ccc(Cl)cn1)NC1CC1. The van der Waals surface area contributed by atoms with Gasteiger partial charge in [0.05, 0.1) is 16.7 Å². The molecule has 0 spiro atoms. The predicted octanol–water partition coefficient (Wildman–Crippen LogP) is 2.90. The maximum atomic E-state index is 11.9. The van der Waals surface area contributed by atoms with Gasteiger partial charge in [-0.05, 0) is 38.3 Å². The first-order valence-electron chi connectivity index (χ1n) is 6.86. The Morgan fingerprint density at radius 1 is 1.60 bits per heavy atom. The standard InChI is InChI=1S/C14H19ClN2O2S/c1-2-19-14(18)12(17-11-4-5-11)7-8-20-13-6-3-10(15)9-16-13/h3,6,9,11-12,17H,2,4-5,7-8H2,1H3. The minimum atomic E-state index is -0.206. The molecule has 1 aromatic rings. The summed E-state index contributed by atoms with van der Waals surface area (Å²) < 4.78 is 5.11. The number of thioether (sulfide) groups is 1. The summed E-state index contributed by atoms with van der Waals surface area (Å²) in [6.45, 7) is 2.26. The Kier molecular flexibility index (Phi) is 6.13. The lowest BCUT2D eigenvalue weighted by Crippen LogP contribution is -2.39. The summed E-state index contributed by atoms with van der Waals surface area (Å²) in [4.78, 5) is 16.1. The molecule has 0 amide bonds. The van der Waals surface area contributed by atoms with Crippen molar-refractivity contribution in [2.75, 3.05) is 12.4 Å². The van der Waals surface area contributed by atoms with E-state index in [1.54, 1.807) is 18.0 Å². The molecule has 1 saturated carbocycles. The lowest BCUT2D eigenvalue weighted by Gasteiger charge is -2.16. The van der Waals surface area contributed by atoms with Crippen molar-refractivity contribution in [1.29, 1.82) is 0 Å². The summed E-state index contributed by atoms with van der Waals surface area (Å²) in [6.07, 6.45) is 4.68. The monoisotopic (exact) mass is 314 g/mol. The molecule has 1 N–H and O–H groups in total. The zero-order valence-corrected chi connectivity index (χ0v) is 13.0. The first kappa shape index (κ1) is 15.6. The molecule has 1 unspecified atom stereocenters. The molecule has 0 saturated heterocycles. The van der Waals surface area contributed by atoms with E-state index in [4.69, 9.17) is 16.3 Å². The third kappa shape index (κ3) is 5.31. The highest BCUT2D eigenvalue weighted by molar-refractivity contribution is 7.99. The van der Waals surface area contributed by atoms with Gasteiger partial charge in [-0.2, -0.15) is 0 Å². The van der Waals surface area contributed by atoms with E-state index in [9.17, 15) is 4.79 Å². The third-order valence-electron chi connectivity index (χ3n) is 2.94. The molecule has 1 fully saturated rings. The van der Waals surface area contributed by atoms with Crippen molar-refractivity contribution in [3.8, 4) is 0 Å². The number of carbonyl (C=O) groups is 1. The lowest BCUT2D eigenvalue weighted by atomic mass is 10.2. The molecule has 0 bridgehead atoms. The number of rotatable bonds is 8. The molecule has 1 aliphatic carbocycles. The van der Waals surface area contributed by atoms with Gasteiger partial charge in [0.25, 0.3) is 0 Å². The van der Waals surface area contributed by atoms with Gasteiger partial charge in [0.2, 0.25) is 0 Å². The number of esters is 1. The molecule has 110 valence electrons. The molecule has 4 nitrogen and oxygen atoms in total. The Balaban J connectivity index is 1.78. The number of hydrogen-bond acceptors (Lipinski definition) is 5. The molecular weight excluding hydrogens is 296 g/mol. The summed E-state index contributed by atoms with van der Waals surface area (Å²) >= 11 is 7.42. The highest BCUT2D eigenvalue weighted by Gasteiger charge is 2.28. The molecule has 1 aliphatic rings. The minimum absolute atomic E-state index is 0.149. The van der Waals surface area contributed by atoms with Crippen LogP contribution in [0.4, 0.5) is 0 Å². The maximum Gasteiger partial charge on any atom is 0.323 e. The molecule has 0 aliphatic heterocycles. The van der Waals surface area contributed by atoms with Crippen LogP contribution < -0.4 is 5.32 Å². The van der Waals surface area contributed by atoms with Crippen LogP contribution in [0.5, 0.6) is 0 Å². The van der Waals surface area contributed by atoms with Gasteiger partial charge in [0.1, 0.15) is 6.04 Å². The van der Waals surface area contributed by atoms with Crippen molar-refractivity contribution in [3.05, 3.63) is 23.4 Å². The Bertz CT molecular complexity index is 437. The number of halogens is 1. The van der Waals surface area contributed by atoms with E-state index in [0.29, 0.717) is 17.7 Å². The number of pyridine rings is 1. The van der Waals surface area contributed by atoms with Gasteiger partial charge < -0.3 is 10.1 Å². The molecular formula is C14H19ClN2O2S. The number of nitrogens with zero attached hydrogens (tertiary/aromatic N) is 1. The summed E-state index contributed by atoms with van der Waals surface area (Å²) in [5.41, 5.74) is 0. The average Bonchev–Trinajstić information content (AvgIpc) is 3.24. The van der Waals surface area contributed by atoms with Crippen molar-refractivity contribution in [3.63, 3.8) is 0 Å². The summed E-state index contributed by atoms with van der Waals surface area (Å²) in [5.74, 6) is 0.668. The molecule has 20 heavy (non-hydrogen) atoms. The lowest BCUT2D eigenvalue weighted by molar-refractivity contribution is -0.145. The predicted molar refractivity (Wildman–Crippen MR) is 81.2 cm³/mol. The van der Waals surface area contributed by atoms with Gasteiger partial charge >= 0.3 is 5.97 Å². The van der Waals surface area contributed by atoms with Gasteiger partial charge in [0.15, 0.2) is 0 Å². The largest absolute Gasteiger partial charge is 0.465 e. The maximum absolute atomic E-state index is 11.9. The van der Waals surface area contributed by atoms with Gasteiger partial charge in [0, 0.05) is 18.0 Å². The topological polar surface area (TPSA) is 51.2 Å². The van der Waals surface area contributed by atoms with Gasteiger partial charge in [-0.3, -0.25) is 4.79 Å². The highest BCUT2D eigenvalue weighted by Crippen LogP contribution is 2.22. The van der Waals surface area contributed by atoms with E-state index in [1.165, 1.54) is 0 Å². The van der Waals surface area contributed by atoms with E-state index >= 15 is 0 Å². The smallest absolute Gasteiger partial charge is 0.323 e. The van der Waals surface area contributed by atoms with Crippen LogP contribution in [0.3, 0.4) is 0 Å². The second-order valence-electron chi connectivity index (χ2n) is 4.70. The van der Waals surface area contributed by atoms with Crippen LogP contribution in [0.1, 0.15) is 26.2 Å². The number of ether oxygens (including phenoxy) is 1. The van der Waals surface area contributed by atoms with Gasteiger partial charge in [-0.25, -0.2) is 4.98 Å². The van der Waals surface area contributed by atoms with Crippen molar-refractivity contribution in [2.24, 2.45) is 0 Å². The first-order valence-corrected chi connectivity index (χ1v) is 8.22. The fraction of sp³-hybridized carbons (Fsp3) is 0.571. The number of hydrogen-bond donors (Lipinski definition) is 1. The third-order valence-corrected chi connectivity index (χ3v) is 4.14. The summed E-state index contributed by atoms with van der Waals surface area (Å²) in [6, 6.07) is 3.99. The van der Waals surface area contributed by atoms with Crippen LogP contribution in [-0.2, 0) is 9.53 Å². The highest BCUT2D eigenvalue weighted by atomic mass is 35.5. The van der Waals surface area contributed by atoms with Crippen molar-refractivity contribution in [2.45, 2.75) is 43.3 Å². The fourth-order valence-corrected chi connectivity index (χ4v) is 2.74. The van der Waals surface area contributed by atoms with Crippen LogP contribution >= 0.6 is 23.4 Å². The molecule has 6 heteroatoms. The summed E-state index contributed by atoms with van der Waals surface area (Å²) in [7, 11) is 0. The van der Waals surface area contributed by atoms with Crippen molar-refractivity contribution >= 4 is 29.3 Å². The van der Waals surface area contributed by atoms with Crippen molar-refractivity contribution in [1.82, 2.24) is 10.3 Å². The second kappa shape index (κ2) is 7.86. The first-order chi connectivity index (χ1) is 9.69. The zero-order chi connectivity index (χ0) is 14.4. The summed E-state index contributed by atoms with van der Waals surface area (Å²) in [5, 5.41) is 4.89. The van der Waals surface area contributed by atoms with Crippen LogP contribution in [0.25, 0.3) is 0 Å². The van der Waals surface area contributed by atoms with Crippen LogP contribution in [0, 0.1) is 0 Å². The fourth-order valence-electron chi connectivity index (χ4n) is 1.78. The number of carbonyl (C=O) groups excluding carboxylic acids is 1. The second-order valence-corrected chi connectivity index (χ2v) is 6.25. The molecule has 1 heterocycles. The Morgan fingerprint density at radius 2 is 2.40 bits per heavy atom. The molecule has 1 aromatic heterocycles. The van der Waals surface area contributed by atoms with E-state index in [0.717, 1.165) is 30.0 Å². The number of aromatic nitrogens is 1. The van der Waals surface area contributed by atoms with E-state index in [-0.39, 0.29) is 12.0 Å². The van der Waals surface area contributed by atoms with Gasteiger partial charge in [-0.15, -0.1) is 11.8 Å². The zero-order valence-electron chi connectivity index (χ0n) is 11.5. The number of nitrogens with one attached hydrogen (secondary N) is 1. The Labute approximate surface area is 128 Å². The van der Waals surface area contributed by atoms with Crippen molar-refractivity contribution < 1.29 is 9.53 Å². The Morgan fingerprint density at radius 3 is 3.00 bits per heavy atom. The molecule has 1 atom stereocenters. The quantitative estimate of drug-likeness (QED) is 0.590. The normalized spacial score (nSPS) is 15.9. The van der Waals surface area contributed by atoms with Crippen LogP contribution in [0.15, 0.2) is 23.4 Å².